The first-order chi connectivity index (χ1) is 7.86. The van der Waals surface area contributed by atoms with Gasteiger partial charge >= 0.3 is 0 Å². The minimum absolute atomic E-state index is 0.197. The Balaban J connectivity index is 1.65. The van der Waals surface area contributed by atoms with Crippen LogP contribution in [0, 0.1) is 17.8 Å². The van der Waals surface area contributed by atoms with Crippen molar-refractivity contribution in [3.8, 4) is 0 Å². The largest absolute Gasteiger partial charge is 0.271 e. The van der Waals surface area contributed by atoms with Crippen LogP contribution in [0.25, 0.3) is 0 Å². The highest BCUT2D eigenvalue weighted by atomic mass is 32.1. The van der Waals surface area contributed by atoms with Gasteiger partial charge in [-0.25, -0.2) is 0 Å². The molecular weight excluding hydrogens is 220 g/mol. The Hall–Kier alpha value is -0.520. The molecule has 4 unspecified atom stereocenters. The normalized spacial score (nSPS) is 34.4. The Morgan fingerprint density at radius 2 is 2.44 bits per heavy atom. The van der Waals surface area contributed by atoms with E-state index in [4.69, 9.17) is 5.84 Å². The van der Waals surface area contributed by atoms with Crippen LogP contribution < -0.4 is 11.3 Å². The number of hydrazine groups is 1. The summed E-state index contributed by atoms with van der Waals surface area (Å²) in [5.41, 5.74) is 3.90. The second kappa shape index (κ2) is 4.39. The zero-order valence-corrected chi connectivity index (χ0v) is 10.1. The molecule has 0 aliphatic heterocycles. The van der Waals surface area contributed by atoms with Crippen LogP contribution in [-0.2, 0) is 0 Å². The van der Waals surface area contributed by atoms with Gasteiger partial charge < -0.3 is 0 Å². The van der Waals surface area contributed by atoms with Gasteiger partial charge in [-0.2, -0.15) is 8.75 Å². The fourth-order valence-electron chi connectivity index (χ4n) is 3.57. The molecule has 4 atom stereocenters. The maximum absolute atomic E-state index is 5.63. The molecule has 3 N–H and O–H groups in total. The minimum atomic E-state index is 0.197. The van der Waals surface area contributed by atoms with Gasteiger partial charge in [0.05, 0.1) is 29.7 Å². The summed E-state index contributed by atoms with van der Waals surface area (Å²) in [5, 5.41) is 0. The molecule has 0 aromatic carbocycles. The second-order valence-electron chi connectivity index (χ2n) is 5.22. The van der Waals surface area contributed by atoms with E-state index in [0.717, 1.165) is 29.9 Å². The molecule has 0 amide bonds. The lowest BCUT2D eigenvalue weighted by atomic mass is 9.84. The molecule has 16 heavy (non-hydrogen) atoms. The van der Waals surface area contributed by atoms with Crippen molar-refractivity contribution >= 4 is 11.7 Å². The predicted octanol–water partition coefficient (Wildman–Crippen LogP) is 1.87. The highest BCUT2D eigenvalue weighted by Gasteiger charge is 2.40. The van der Waals surface area contributed by atoms with Crippen molar-refractivity contribution in [2.24, 2.45) is 23.6 Å². The van der Waals surface area contributed by atoms with Crippen molar-refractivity contribution in [1.29, 1.82) is 0 Å². The van der Waals surface area contributed by atoms with Crippen molar-refractivity contribution in [2.45, 2.75) is 38.1 Å². The number of nitrogens with one attached hydrogen (secondary N) is 1. The molecule has 3 rings (SSSR count). The van der Waals surface area contributed by atoms with Crippen LogP contribution in [0.4, 0.5) is 0 Å². The third-order valence-corrected chi connectivity index (χ3v) is 4.85. The number of hydrogen-bond acceptors (Lipinski definition) is 5. The number of nitrogens with two attached hydrogens (primary N) is 1. The topological polar surface area (TPSA) is 63.8 Å². The summed E-state index contributed by atoms with van der Waals surface area (Å²) in [6.07, 6.45) is 8.71. The van der Waals surface area contributed by atoms with E-state index in [0.29, 0.717) is 0 Å². The van der Waals surface area contributed by atoms with Crippen molar-refractivity contribution in [1.82, 2.24) is 14.2 Å². The summed E-state index contributed by atoms with van der Waals surface area (Å²) in [6, 6.07) is 0.197. The molecule has 0 saturated heterocycles. The highest BCUT2D eigenvalue weighted by Crippen LogP contribution is 2.50. The second-order valence-corrected chi connectivity index (χ2v) is 5.78. The van der Waals surface area contributed by atoms with E-state index in [1.54, 1.807) is 0 Å². The average molecular weight is 238 g/mol. The molecule has 1 heterocycles. The Kier molecular flexibility index (Phi) is 2.91. The minimum Gasteiger partial charge on any atom is -0.271 e. The first-order valence-corrected chi connectivity index (χ1v) is 6.83. The quantitative estimate of drug-likeness (QED) is 0.621. The summed E-state index contributed by atoms with van der Waals surface area (Å²) >= 11 is 1.26. The molecule has 1 aromatic rings. The monoisotopic (exact) mass is 238 g/mol. The van der Waals surface area contributed by atoms with Crippen LogP contribution in [0.3, 0.4) is 0 Å². The zero-order valence-electron chi connectivity index (χ0n) is 9.30. The van der Waals surface area contributed by atoms with Crippen LogP contribution in [0.2, 0.25) is 0 Å². The molecule has 88 valence electrons. The van der Waals surface area contributed by atoms with E-state index in [9.17, 15) is 0 Å². The van der Waals surface area contributed by atoms with Crippen molar-refractivity contribution in [3.63, 3.8) is 0 Å². The van der Waals surface area contributed by atoms with Gasteiger partial charge in [0.25, 0.3) is 0 Å². The van der Waals surface area contributed by atoms with E-state index in [2.05, 4.69) is 14.2 Å². The Labute approximate surface area is 99.9 Å². The molecule has 4 nitrogen and oxygen atoms in total. The molecule has 2 saturated carbocycles. The Morgan fingerprint density at radius 1 is 1.50 bits per heavy atom. The summed E-state index contributed by atoms with van der Waals surface area (Å²) in [4.78, 5) is 0. The van der Waals surface area contributed by atoms with E-state index >= 15 is 0 Å². The lowest BCUT2D eigenvalue weighted by Gasteiger charge is -2.25. The summed E-state index contributed by atoms with van der Waals surface area (Å²) in [6.45, 7) is 0. The summed E-state index contributed by atoms with van der Waals surface area (Å²) in [7, 11) is 0. The lowest BCUT2D eigenvalue weighted by Crippen LogP contribution is -2.31. The third kappa shape index (κ3) is 1.87. The molecule has 2 fully saturated rings. The van der Waals surface area contributed by atoms with Crippen LogP contribution in [0.5, 0.6) is 0 Å². The van der Waals surface area contributed by atoms with E-state index in [1.807, 2.05) is 6.20 Å². The smallest absolute Gasteiger partial charge is 0.0925 e. The van der Waals surface area contributed by atoms with Gasteiger partial charge in [0.15, 0.2) is 0 Å². The zero-order chi connectivity index (χ0) is 11.0. The molecule has 2 aliphatic carbocycles. The number of rotatable bonds is 4. The number of aromatic nitrogens is 2. The molecule has 5 heteroatoms. The number of hydrogen-bond donors (Lipinski definition) is 2. The molecule has 2 aliphatic rings. The standard InChI is InChI=1S/C11H18N4S/c12-14-10(11-6-13-16-15-11)5-9-4-7-1-2-8(9)3-7/h6-10,14H,1-5,12H2. The predicted molar refractivity (Wildman–Crippen MR) is 63.5 cm³/mol. The summed E-state index contributed by atoms with van der Waals surface area (Å²) < 4.78 is 8.33. The summed E-state index contributed by atoms with van der Waals surface area (Å²) in [5.74, 6) is 8.43. The Bertz CT molecular complexity index is 340. The maximum atomic E-state index is 5.63. The van der Waals surface area contributed by atoms with Crippen LogP contribution >= 0.6 is 11.7 Å². The van der Waals surface area contributed by atoms with Gasteiger partial charge in [0.2, 0.25) is 0 Å². The van der Waals surface area contributed by atoms with E-state index in [-0.39, 0.29) is 6.04 Å². The lowest BCUT2D eigenvalue weighted by molar-refractivity contribution is 0.278. The van der Waals surface area contributed by atoms with Crippen LogP contribution in [0.15, 0.2) is 6.20 Å². The first-order valence-electron chi connectivity index (χ1n) is 6.10. The van der Waals surface area contributed by atoms with Gasteiger partial charge in [-0.05, 0) is 43.4 Å². The van der Waals surface area contributed by atoms with Crippen molar-refractivity contribution < 1.29 is 0 Å². The molecule has 0 spiro atoms. The highest BCUT2D eigenvalue weighted by molar-refractivity contribution is 6.99. The van der Waals surface area contributed by atoms with Gasteiger partial charge in [0.1, 0.15) is 0 Å². The van der Waals surface area contributed by atoms with E-state index < -0.39 is 0 Å². The fraction of sp³-hybridized carbons (Fsp3) is 0.818. The SMILES string of the molecule is NNC(CC1CC2CCC1C2)c1cnsn1. The first kappa shape index (κ1) is 10.6. The average Bonchev–Trinajstić information content (AvgIpc) is 3.01. The number of nitrogens with zero attached hydrogens (tertiary/aromatic N) is 2. The Morgan fingerprint density at radius 3 is 3.00 bits per heavy atom. The number of fused-ring (bicyclic) bond motifs is 2. The van der Waals surface area contributed by atoms with Gasteiger partial charge in [-0.1, -0.05) is 6.42 Å². The van der Waals surface area contributed by atoms with Crippen molar-refractivity contribution in [2.75, 3.05) is 0 Å². The molecular formula is C11H18N4S. The third-order valence-electron chi connectivity index (χ3n) is 4.36. The fourth-order valence-corrected chi connectivity index (χ4v) is 4.04. The van der Waals surface area contributed by atoms with Gasteiger partial charge in [0, 0.05) is 0 Å². The van der Waals surface area contributed by atoms with Gasteiger partial charge in [-0.3, -0.25) is 11.3 Å². The van der Waals surface area contributed by atoms with Gasteiger partial charge in [-0.15, -0.1) is 0 Å². The van der Waals surface area contributed by atoms with Crippen LogP contribution in [0.1, 0.15) is 43.8 Å². The molecule has 1 aromatic heterocycles. The van der Waals surface area contributed by atoms with E-state index in [1.165, 1.54) is 37.4 Å². The molecule has 0 radical (unpaired) electrons. The maximum Gasteiger partial charge on any atom is 0.0925 e. The van der Waals surface area contributed by atoms with Crippen LogP contribution in [-0.4, -0.2) is 8.75 Å². The van der Waals surface area contributed by atoms with Crippen molar-refractivity contribution in [3.05, 3.63) is 11.9 Å². The molecule has 2 bridgehead atoms.